The molecule has 1 aliphatic rings. The number of aromatic nitrogens is 1. The summed E-state index contributed by atoms with van der Waals surface area (Å²) in [6, 6.07) is 3.19. The first-order chi connectivity index (χ1) is 12.3. The summed E-state index contributed by atoms with van der Waals surface area (Å²) in [6.07, 6.45) is -3.50. The second-order valence-electron chi connectivity index (χ2n) is 5.42. The molecule has 0 bridgehead atoms. The molecule has 2 N–H and O–H groups in total. The summed E-state index contributed by atoms with van der Waals surface area (Å²) in [4.78, 5) is 26.0. The standard InChI is InChI=1S/C16H12ClF3N2O4/c17-10-4-8(5-12-13(10)26-3-1-2-25-12)14(23)22-11-6-9(16(18,19)20)7-21-15(11)24/h4-7H,1-3H2,(H,21,24)(H,22,23). The molecule has 1 amide bonds. The van der Waals surface area contributed by atoms with Crippen molar-refractivity contribution in [3.05, 3.63) is 50.9 Å². The topological polar surface area (TPSA) is 80.4 Å². The molecule has 138 valence electrons. The van der Waals surface area contributed by atoms with Crippen molar-refractivity contribution in [2.75, 3.05) is 18.5 Å². The number of carbonyl (C=O) groups excluding carboxylic acids is 1. The maximum atomic E-state index is 12.8. The number of aromatic amines is 1. The van der Waals surface area contributed by atoms with Gasteiger partial charge in [0.15, 0.2) is 11.5 Å². The molecule has 26 heavy (non-hydrogen) atoms. The predicted molar refractivity (Wildman–Crippen MR) is 87.1 cm³/mol. The molecule has 1 aromatic heterocycles. The Labute approximate surface area is 149 Å². The Bertz CT molecular complexity index is 911. The van der Waals surface area contributed by atoms with Crippen LogP contribution in [0.2, 0.25) is 5.02 Å². The van der Waals surface area contributed by atoms with E-state index in [9.17, 15) is 22.8 Å². The maximum absolute atomic E-state index is 12.8. The fraction of sp³-hybridized carbons (Fsp3) is 0.250. The lowest BCUT2D eigenvalue weighted by molar-refractivity contribution is -0.137. The lowest BCUT2D eigenvalue weighted by Crippen LogP contribution is -2.21. The van der Waals surface area contributed by atoms with Crippen molar-refractivity contribution >= 4 is 23.2 Å². The zero-order valence-electron chi connectivity index (χ0n) is 13.1. The Morgan fingerprint density at radius 1 is 1.19 bits per heavy atom. The van der Waals surface area contributed by atoms with E-state index in [1.54, 1.807) is 0 Å². The minimum Gasteiger partial charge on any atom is -0.489 e. The van der Waals surface area contributed by atoms with Crippen LogP contribution in [0.3, 0.4) is 0 Å². The maximum Gasteiger partial charge on any atom is 0.417 e. The highest BCUT2D eigenvalue weighted by molar-refractivity contribution is 6.32. The molecule has 0 aliphatic carbocycles. The number of rotatable bonds is 2. The van der Waals surface area contributed by atoms with E-state index in [1.165, 1.54) is 12.1 Å². The van der Waals surface area contributed by atoms with Crippen LogP contribution in [-0.2, 0) is 6.18 Å². The van der Waals surface area contributed by atoms with Crippen LogP contribution in [0.25, 0.3) is 0 Å². The van der Waals surface area contributed by atoms with E-state index >= 15 is 0 Å². The first-order valence-corrected chi connectivity index (χ1v) is 7.84. The second kappa shape index (κ2) is 6.91. The molecule has 1 aromatic carbocycles. The van der Waals surface area contributed by atoms with E-state index in [0.717, 1.165) is 0 Å². The van der Waals surface area contributed by atoms with Crippen molar-refractivity contribution < 1.29 is 27.4 Å². The number of H-pyrrole nitrogens is 1. The first-order valence-electron chi connectivity index (χ1n) is 7.46. The molecule has 2 heterocycles. The van der Waals surface area contributed by atoms with E-state index in [1.807, 2.05) is 4.98 Å². The Kier molecular flexibility index (Phi) is 4.82. The Hall–Kier alpha value is -2.68. The van der Waals surface area contributed by atoms with Gasteiger partial charge in [-0.15, -0.1) is 0 Å². The van der Waals surface area contributed by atoms with Gasteiger partial charge in [0.2, 0.25) is 0 Å². The number of ether oxygens (including phenoxy) is 2. The van der Waals surface area contributed by atoms with Crippen molar-refractivity contribution in [3.8, 4) is 11.5 Å². The van der Waals surface area contributed by atoms with Gasteiger partial charge in [-0.05, 0) is 18.2 Å². The molecular formula is C16H12ClF3N2O4. The minimum absolute atomic E-state index is 0.0102. The van der Waals surface area contributed by atoms with Crippen LogP contribution in [0.15, 0.2) is 29.2 Å². The molecule has 1 aliphatic heterocycles. The lowest BCUT2D eigenvalue weighted by atomic mass is 10.1. The molecule has 6 nitrogen and oxygen atoms in total. The summed E-state index contributed by atoms with van der Waals surface area (Å²) in [6.45, 7) is 0.763. The third kappa shape index (κ3) is 3.77. The number of pyridine rings is 1. The fourth-order valence-corrected chi connectivity index (χ4v) is 2.56. The SMILES string of the molecule is O=C(Nc1cc(C(F)(F)F)c[nH]c1=O)c1cc(Cl)c2c(c1)OCCCO2. The minimum atomic E-state index is -4.66. The molecular weight excluding hydrogens is 377 g/mol. The summed E-state index contributed by atoms with van der Waals surface area (Å²) in [5.41, 5.74) is -2.49. The number of fused-ring (bicyclic) bond motifs is 1. The summed E-state index contributed by atoms with van der Waals surface area (Å²) in [7, 11) is 0. The number of hydrogen-bond donors (Lipinski definition) is 2. The quantitative estimate of drug-likeness (QED) is 0.825. The molecule has 0 radical (unpaired) electrons. The lowest BCUT2D eigenvalue weighted by Gasteiger charge is -2.12. The summed E-state index contributed by atoms with van der Waals surface area (Å²) >= 11 is 6.08. The van der Waals surface area contributed by atoms with Crippen molar-refractivity contribution in [3.63, 3.8) is 0 Å². The van der Waals surface area contributed by atoms with E-state index in [0.29, 0.717) is 31.9 Å². The number of halogens is 4. The third-order valence-corrected chi connectivity index (χ3v) is 3.82. The fourth-order valence-electron chi connectivity index (χ4n) is 2.30. The summed E-state index contributed by atoms with van der Waals surface area (Å²) in [5, 5.41) is 2.27. The zero-order chi connectivity index (χ0) is 18.9. The van der Waals surface area contributed by atoms with Crippen LogP contribution >= 0.6 is 11.6 Å². The molecule has 0 atom stereocenters. The van der Waals surface area contributed by atoms with Gasteiger partial charge in [0, 0.05) is 18.2 Å². The summed E-state index contributed by atoms with van der Waals surface area (Å²) in [5.74, 6) is -0.275. The summed E-state index contributed by atoms with van der Waals surface area (Å²) < 4.78 is 49.2. The molecule has 3 rings (SSSR count). The highest BCUT2D eigenvalue weighted by Gasteiger charge is 2.31. The molecule has 0 unspecified atom stereocenters. The average Bonchev–Trinajstić information content (AvgIpc) is 2.81. The van der Waals surface area contributed by atoms with Gasteiger partial charge in [-0.1, -0.05) is 11.6 Å². The van der Waals surface area contributed by atoms with Gasteiger partial charge in [-0.25, -0.2) is 0 Å². The number of alkyl halides is 3. The van der Waals surface area contributed by atoms with E-state index in [4.69, 9.17) is 21.1 Å². The number of amides is 1. The van der Waals surface area contributed by atoms with Crippen LogP contribution < -0.4 is 20.3 Å². The van der Waals surface area contributed by atoms with Crippen LogP contribution in [0.1, 0.15) is 22.3 Å². The van der Waals surface area contributed by atoms with Gasteiger partial charge < -0.3 is 19.8 Å². The Morgan fingerprint density at radius 2 is 1.92 bits per heavy atom. The van der Waals surface area contributed by atoms with Gasteiger partial charge in [-0.2, -0.15) is 13.2 Å². The average molecular weight is 389 g/mol. The normalized spacial score (nSPS) is 13.8. The monoisotopic (exact) mass is 388 g/mol. The van der Waals surface area contributed by atoms with Gasteiger partial charge >= 0.3 is 6.18 Å². The molecule has 0 spiro atoms. The largest absolute Gasteiger partial charge is 0.489 e. The number of carbonyl (C=O) groups is 1. The molecule has 2 aromatic rings. The Balaban J connectivity index is 1.91. The molecule has 10 heteroatoms. The van der Waals surface area contributed by atoms with Crippen LogP contribution in [0, 0.1) is 0 Å². The van der Waals surface area contributed by atoms with Gasteiger partial charge in [-0.3, -0.25) is 9.59 Å². The third-order valence-electron chi connectivity index (χ3n) is 3.54. The van der Waals surface area contributed by atoms with Crippen molar-refractivity contribution in [2.24, 2.45) is 0 Å². The van der Waals surface area contributed by atoms with Crippen molar-refractivity contribution in [2.45, 2.75) is 12.6 Å². The van der Waals surface area contributed by atoms with Crippen LogP contribution in [0.5, 0.6) is 11.5 Å². The molecule has 0 saturated heterocycles. The van der Waals surface area contributed by atoms with Gasteiger partial charge in [0.05, 0.1) is 23.8 Å². The van der Waals surface area contributed by atoms with Crippen molar-refractivity contribution in [1.82, 2.24) is 4.98 Å². The van der Waals surface area contributed by atoms with Crippen molar-refractivity contribution in [1.29, 1.82) is 0 Å². The highest BCUT2D eigenvalue weighted by atomic mass is 35.5. The highest BCUT2D eigenvalue weighted by Crippen LogP contribution is 2.38. The Morgan fingerprint density at radius 3 is 2.65 bits per heavy atom. The number of nitrogens with one attached hydrogen (secondary N) is 2. The molecule has 0 saturated carbocycles. The van der Waals surface area contributed by atoms with Crippen LogP contribution in [0.4, 0.5) is 18.9 Å². The zero-order valence-corrected chi connectivity index (χ0v) is 13.8. The second-order valence-corrected chi connectivity index (χ2v) is 5.83. The number of benzene rings is 1. The number of anilines is 1. The van der Waals surface area contributed by atoms with E-state index < -0.39 is 28.9 Å². The van der Waals surface area contributed by atoms with E-state index in [2.05, 4.69) is 5.32 Å². The van der Waals surface area contributed by atoms with E-state index in [-0.39, 0.29) is 22.1 Å². The van der Waals surface area contributed by atoms with Crippen LogP contribution in [-0.4, -0.2) is 24.1 Å². The predicted octanol–water partition coefficient (Wildman–Crippen LogP) is 3.46. The van der Waals surface area contributed by atoms with Gasteiger partial charge in [0.25, 0.3) is 11.5 Å². The number of hydrogen-bond acceptors (Lipinski definition) is 4. The van der Waals surface area contributed by atoms with Gasteiger partial charge in [0.1, 0.15) is 5.69 Å². The first kappa shape index (κ1) is 18.1. The molecule has 0 fully saturated rings. The smallest absolute Gasteiger partial charge is 0.417 e.